The second-order valence-electron chi connectivity index (χ2n) is 6.32. The first-order valence-electron chi connectivity index (χ1n) is 8.56. The average Bonchev–Trinajstić information content (AvgIpc) is 3.19. The van der Waals surface area contributed by atoms with Gasteiger partial charge in [0.2, 0.25) is 5.91 Å². The number of hydrazone groups is 1. The Hall–Kier alpha value is -2.81. The summed E-state index contributed by atoms with van der Waals surface area (Å²) in [4.78, 5) is 17.0. The van der Waals surface area contributed by atoms with E-state index in [2.05, 4.69) is 15.4 Å². The third-order valence-electron chi connectivity index (χ3n) is 4.48. The molecule has 2 heterocycles. The minimum atomic E-state index is -1.62. The second kappa shape index (κ2) is 7.31. The van der Waals surface area contributed by atoms with E-state index in [9.17, 15) is 18.0 Å². The fourth-order valence-electron chi connectivity index (χ4n) is 3.03. The molecule has 2 aromatic rings. The predicted octanol–water partition coefficient (Wildman–Crippen LogP) is 4.60. The van der Waals surface area contributed by atoms with Crippen molar-refractivity contribution in [3.8, 4) is 0 Å². The molecule has 1 amide bonds. The standard InChI is InChI=1S/C19H15F3N4OS/c1-10(18(27)24-14-7-6-12(20)16(21)17(14)22)28-19-25-13-5-3-2-4-11(13)15-8-9-23-26(15)19/h2-7,9-10,15H,8H2,1H3,(H,24,27)/t10-,15+/m1/s1. The highest BCUT2D eigenvalue weighted by molar-refractivity contribution is 8.14. The van der Waals surface area contributed by atoms with Crippen molar-refractivity contribution in [3.05, 3.63) is 59.4 Å². The second-order valence-corrected chi connectivity index (χ2v) is 7.63. The van der Waals surface area contributed by atoms with Gasteiger partial charge in [-0.3, -0.25) is 4.79 Å². The van der Waals surface area contributed by atoms with Crippen LogP contribution in [0, 0.1) is 17.5 Å². The molecule has 0 unspecified atom stereocenters. The molecule has 4 rings (SSSR count). The lowest BCUT2D eigenvalue weighted by Crippen LogP contribution is -2.32. The molecule has 0 spiro atoms. The highest BCUT2D eigenvalue weighted by atomic mass is 32.2. The largest absolute Gasteiger partial charge is 0.323 e. The molecule has 0 radical (unpaired) electrons. The summed E-state index contributed by atoms with van der Waals surface area (Å²) in [5, 5.41) is 8.27. The summed E-state index contributed by atoms with van der Waals surface area (Å²) >= 11 is 1.16. The minimum absolute atomic E-state index is 0.0232. The van der Waals surface area contributed by atoms with Gasteiger partial charge < -0.3 is 5.32 Å². The lowest BCUT2D eigenvalue weighted by atomic mass is 10.0. The Morgan fingerprint density at radius 3 is 2.82 bits per heavy atom. The Morgan fingerprint density at radius 2 is 2.00 bits per heavy atom. The Morgan fingerprint density at radius 1 is 1.21 bits per heavy atom. The molecule has 0 bridgehead atoms. The summed E-state index contributed by atoms with van der Waals surface area (Å²) in [6.45, 7) is 1.62. The molecular weight excluding hydrogens is 389 g/mol. The number of amides is 1. The van der Waals surface area contributed by atoms with Crippen molar-refractivity contribution in [2.24, 2.45) is 10.1 Å². The van der Waals surface area contributed by atoms with Crippen molar-refractivity contribution in [2.45, 2.75) is 24.6 Å². The normalized spacial score (nSPS) is 18.4. The molecule has 9 heteroatoms. The van der Waals surface area contributed by atoms with Crippen LogP contribution in [0.2, 0.25) is 0 Å². The number of carbonyl (C=O) groups is 1. The maximum atomic E-state index is 13.8. The van der Waals surface area contributed by atoms with Gasteiger partial charge in [-0.05, 0) is 25.1 Å². The van der Waals surface area contributed by atoms with E-state index in [1.807, 2.05) is 24.3 Å². The van der Waals surface area contributed by atoms with Gasteiger partial charge >= 0.3 is 0 Å². The first kappa shape index (κ1) is 18.5. The molecule has 28 heavy (non-hydrogen) atoms. The number of para-hydroxylation sites is 1. The fourth-order valence-corrected chi connectivity index (χ4v) is 3.95. The van der Waals surface area contributed by atoms with Gasteiger partial charge in [0.05, 0.1) is 22.7 Å². The molecule has 1 N–H and O–H groups in total. The lowest BCUT2D eigenvalue weighted by Gasteiger charge is -2.30. The zero-order valence-electron chi connectivity index (χ0n) is 14.7. The van der Waals surface area contributed by atoms with Gasteiger partial charge in [0.15, 0.2) is 22.6 Å². The van der Waals surface area contributed by atoms with Gasteiger partial charge in [0.1, 0.15) is 0 Å². The summed E-state index contributed by atoms with van der Waals surface area (Å²) in [5.74, 6) is -4.93. The topological polar surface area (TPSA) is 57.1 Å². The van der Waals surface area contributed by atoms with E-state index in [0.717, 1.165) is 41.6 Å². The first-order chi connectivity index (χ1) is 13.5. The maximum absolute atomic E-state index is 13.8. The van der Waals surface area contributed by atoms with E-state index >= 15 is 0 Å². The number of aliphatic imine (C=N–C) groups is 1. The summed E-state index contributed by atoms with van der Waals surface area (Å²) < 4.78 is 40.2. The van der Waals surface area contributed by atoms with Crippen LogP contribution in [0.1, 0.15) is 24.9 Å². The number of amidine groups is 1. The summed E-state index contributed by atoms with van der Waals surface area (Å²) in [5.41, 5.74) is 1.46. The number of carbonyl (C=O) groups excluding carboxylic acids is 1. The van der Waals surface area contributed by atoms with Gasteiger partial charge in [-0.25, -0.2) is 23.2 Å². The Labute approximate surface area is 163 Å². The van der Waals surface area contributed by atoms with E-state index in [1.165, 1.54) is 0 Å². The van der Waals surface area contributed by atoms with Crippen LogP contribution in [0.5, 0.6) is 0 Å². The number of hydrogen-bond acceptors (Lipinski definition) is 5. The molecule has 5 nitrogen and oxygen atoms in total. The molecule has 0 saturated heterocycles. The molecule has 0 aliphatic carbocycles. The molecule has 2 aromatic carbocycles. The van der Waals surface area contributed by atoms with E-state index < -0.39 is 34.3 Å². The van der Waals surface area contributed by atoms with E-state index in [4.69, 9.17) is 0 Å². The first-order valence-corrected chi connectivity index (χ1v) is 9.44. The molecule has 144 valence electrons. The number of halogens is 3. The smallest absolute Gasteiger partial charge is 0.237 e. The fraction of sp³-hybridized carbons (Fsp3) is 0.211. The van der Waals surface area contributed by atoms with E-state index in [1.54, 1.807) is 18.1 Å². The SMILES string of the molecule is C[C@@H](SC1=Nc2ccccc2[C@@H]2CC=NN12)C(=O)Nc1ccc(F)c(F)c1F. The number of hydrogen-bond donors (Lipinski definition) is 1. The van der Waals surface area contributed by atoms with Crippen molar-refractivity contribution in [3.63, 3.8) is 0 Å². The van der Waals surface area contributed by atoms with E-state index in [0.29, 0.717) is 5.17 Å². The van der Waals surface area contributed by atoms with Gasteiger partial charge in [-0.1, -0.05) is 30.0 Å². The molecule has 0 aromatic heterocycles. The monoisotopic (exact) mass is 404 g/mol. The van der Waals surface area contributed by atoms with Crippen LogP contribution in [0.3, 0.4) is 0 Å². The zero-order chi connectivity index (χ0) is 19.8. The van der Waals surface area contributed by atoms with Crippen molar-refractivity contribution >= 4 is 40.4 Å². The molecule has 2 aliphatic rings. The van der Waals surface area contributed by atoms with Gasteiger partial charge in [0, 0.05) is 18.2 Å². The van der Waals surface area contributed by atoms with Crippen LogP contribution in [0.4, 0.5) is 24.5 Å². The molecule has 2 aliphatic heterocycles. The lowest BCUT2D eigenvalue weighted by molar-refractivity contribution is -0.115. The average molecular weight is 404 g/mol. The summed E-state index contributed by atoms with van der Waals surface area (Å²) in [7, 11) is 0. The number of anilines is 1. The number of nitrogens with zero attached hydrogens (tertiary/aromatic N) is 3. The van der Waals surface area contributed by atoms with Crippen LogP contribution in [0.25, 0.3) is 0 Å². The van der Waals surface area contributed by atoms with Crippen molar-refractivity contribution in [1.82, 2.24) is 5.01 Å². The quantitative estimate of drug-likeness (QED) is 0.761. The van der Waals surface area contributed by atoms with Crippen LogP contribution in [-0.4, -0.2) is 27.5 Å². The minimum Gasteiger partial charge on any atom is -0.323 e. The molecule has 2 atom stereocenters. The van der Waals surface area contributed by atoms with Crippen molar-refractivity contribution in [1.29, 1.82) is 0 Å². The molecular formula is C19H15F3N4OS. The van der Waals surface area contributed by atoms with Crippen LogP contribution in [0.15, 0.2) is 46.5 Å². The van der Waals surface area contributed by atoms with Crippen molar-refractivity contribution < 1.29 is 18.0 Å². The third-order valence-corrected chi connectivity index (χ3v) is 5.54. The summed E-state index contributed by atoms with van der Waals surface area (Å²) in [6, 6.07) is 9.49. The third kappa shape index (κ3) is 3.26. The molecule has 0 fully saturated rings. The number of nitrogens with one attached hydrogen (secondary N) is 1. The Bertz CT molecular complexity index is 1010. The number of thioether (sulfide) groups is 1. The van der Waals surface area contributed by atoms with Gasteiger partial charge in [-0.15, -0.1) is 0 Å². The molecule has 0 saturated carbocycles. The zero-order valence-corrected chi connectivity index (χ0v) is 15.5. The van der Waals surface area contributed by atoms with Crippen molar-refractivity contribution in [2.75, 3.05) is 5.32 Å². The number of rotatable bonds is 3. The van der Waals surface area contributed by atoms with E-state index in [-0.39, 0.29) is 6.04 Å². The van der Waals surface area contributed by atoms with Crippen LogP contribution < -0.4 is 5.32 Å². The van der Waals surface area contributed by atoms with Gasteiger partial charge in [0.25, 0.3) is 0 Å². The summed E-state index contributed by atoms with van der Waals surface area (Å²) in [6.07, 6.45) is 2.53. The highest BCUT2D eigenvalue weighted by Crippen LogP contribution is 2.41. The highest BCUT2D eigenvalue weighted by Gasteiger charge is 2.34. The van der Waals surface area contributed by atoms with Crippen LogP contribution in [-0.2, 0) is 4.79 Å². The predicted molar refractivity (Wildman–Crippen MR) is 103 cm³/mol. The number of fused-ring (bicyclic) bond motifs is 3. The Balaban J connectivity index is 1.52. The Kier molecular flexibility index (Phi) is 4.84. The number of benzene rings is 2. The van der Waals surface area contributed by atoms with Crippen LogP contribution >= 0.6 is 11.8 Å². The van der Waals surface area contributed by atoms with Gasteiger partial charge in [-0.2, -0.15) is 5.10 Å². The maximum Gasteiger partial charge on any atom is 0.237 e.